The lowest BCUT2D eigenvalue weighted by atomic mass is 9.85. The molecule has 0 radical (unpaired) electrons. The Kier molecular flexibility index (Phi) is 5.50. The molecule has 28 heavy (non-hydrogen) atoms. The van der Waals surface area contributed by atoms with E-state index >= 15 is 0 Å². The molecule has 0 unspecified atom stereocenters. The lowest BCUT2D eigenvalue weighted by Gasteiger charge is -2.28. The molecule has 2 aliphatic rings. The molecular formula is C20H26N4O3S. The van der Waals surface area contributed by atoms with Crippen LogP contribution in [0.4, 0.5) is 5.00 Å². The van der Waals surface area contributed by atoms with Crippen molar-refractivity contribution in [2.24, 2.45) is 13.0 Å². The molecule has 8 heteroatoms. The van der Waals surface area contributed by atoms with Crippen molar-refractivity contribution in [3.63, 3.8) is 0 Å². The predicted molar refractivity (Wildman–Crippen MR) is 108 cm³/mol. The summed E-state index contributed by atoms with van der Waals surface area (Å²) in [5, 5.41) is 7.74. The van der Waals surface area contributed by atoms with E-state index in [-0.39, 0.29) is 11.8 Å². The van der Waals surface area contributed by atoms with E-state index in [0.29, 0.717) is 48.5 Å². The fourth-order valence-electron chi connectivity index (χ4n) is 4.01. The summed E-state index contributed by atoms with van der Waals surface area (Å²) in [6.07, 6.45) is 5.72. The van der Waals surface area contributed by atoms with Gasteiger partial charge in [-0.1, -0.05) is 13.3 Å². The van der Waals surface area contributed by atoms with E-state index in [1.807, 2.05) is 4.90 Å². The number of rotatable bonds is 4. The highest BCUT2D eigenvalue weighted by Crippen LogP contribution is 2.41. The van der Waals surface area contributed by atoms with Crippen LogP contribution in [0.25, 0.3) is 0 Å². The molecule has 1 saturated heterocycles. The first-order valence-electron chi connectivity index (χ1n) is 9.89. The summed E-state index contributed by atoms with van der Waals surface area (Å²) < 4.78 is 6.94. The maximum Gasteiger partial charge on any atom is 0.274 e. The van der Waals surface area contributed by atoms with Gasteiger partial charge in [-0.3, -0.25) is 14.3 Å². The van der Waals surface area contributed by atoms with E-state index < -0.39 is 0 Å². The van der Waals surface area contributed by atoms with Crippen molar-refractivity contribution in [3.8, 4) is 0 Å². The quantitative estimate of drug-likeness (QED) is 0.853. The van der Waals surface area contributed by atoms with Gasteiger partial charge in [0.25, 0.3) is 11.8 Å². The van der Waals surface area contributed by atoms with Gasteiger partial charge in [-0.2, -0.15) is 5.10 Å². The number of carbonyl (C=O) groups excluding carboxylic acids is 2. The van der Waals surface area contributed by atoms with Gasteiger partial charge in [-0.15, -0.1) is 11.3 Å². The van der Waals surface area contributed by atoms with Gasteiger partial charge in [0.1, 0.15) is 10.7 Å². The molecule has 0 saturated carbocycles. The van der Waals surface area contributed by atoms with Crippen LogP contribution >= 0.6 is 11.3 Å². The number of nitrogens with one attached hydrogen (secondary N) is 1. The van der Waals surface area contributed by atoms with Gasteiger partial charge in [0.05, 0.1) is 18.8 Å². The molecule has 2 amide bonds. The Bertz CT molecular complexity index is 882. The Morgan fingerprint density at radius 2 is 2.14 bits per heavy atom. The molecule has 1 aliphatic heterocycles. The molecular weight excluding hydrogens is 376 g/mol. The minimum atomic E-state index is -0.235. The summed E-state index contributed by atoms with van der Waals surface area (Å²) in [4.78, 5) is 29.2. The molecule has 1 aliphatic carbocycles. The second kappa shape index (κ2) is 8.05. The molecule has 1 atom stereocenters. The minimum Gasteiger partial charge on any atom is -0.378 e. The average Bonchev–Trinajstić information content (AvgIpc) is 3.30. The third kappa shape index (κ3) is 3.58. The topological polar surface area (TPSA) is 76.5 Å². The van der Waals surface area contributed by atoms with Crippen LogP contribution in [0, 0.1) is 5.92 Å². The Hall–Kier alpha value is -2.19. The molecule has 7 nitrogen and oxygen atoms in total. The summed E-state index contributed by atoms with van der Waals surface area (Å²) in [6, 6.07) is 1.68. The van der Waals surface area contributed by atoms with Crippen molar-refractivity contribution in [2.75, 3.05) is 31.6 Å². The van der Waals surface area contributed by atoms with Crippen molar-refractivity contribution < 1.29 is 14.3 Å². The molecule has 0 spiro atoms. The number of hydrogen-bond donors (Lipinski definition) is 1. The van der Waals surface area contributed by atoms with Crippen LogP contribution < -0.4 is 5.32 Å². The Morgan fingerprint density at radius 3 is 2.82 bits per heavy atom. The Balaban J connectivity index is 1.68. The van der Waals surface area contributed by atoms with Gasteiger partial charge in [0, 0.05) is 31.2 Å². The van der Waals surface area contributed by atoms with E-state index in [2.05, 4.69) is 17.3 Å². The van der Waals surface area contributed by atoms with Crippen LogP contribution in [0.2, 0.25) is 0 Å². The van der Waals surface area contributed by atoms with Crippen molar-refractivity contribution >= 4 is 28.2 Å². The number of carbonyl (C=O) groups is 2. The van der Waals surface area contributed by atoms with E-state index in [9.17, 15) is 9.59 Å². The zero-order valence-electron chi connectivity index (χ0n) is 16.4. The number of nitrogens with zero attached hydrogens (tertiary/aromatic N) is 3. The van der Waals surface area contributed by atoms with Gasteiger partial charge in [0.15, 0.2) is 0 Å². The smallest absolute Gasteiger partial charge is 0.274 e. The number of amides is 2. The van der Waals surface area contributed by atoms with Crippen LogP contribution in [0.5, 0.6) is 0 Å². The summed E-state index contributed by atoms with van der Waals surface area (Å²) in [7, 11) is 1.74. The SMILES string of the molecule is CC[C@@H]1CCc2c(sc(NC(=O)c3ccnn3C)c2C(=O)N2CCOCC2)C1. The number of ether oxygens (including phenoxy) is 1. The number of hydrogen-bond acceptors (Lipinski definition) is 5. The van der Waals surface area contributed by atoms with Crippen molar-refractivity contribution in [3.05, 3.63) is 34.0 Å². The number of morpholine rings is 1. The highest BCUT2D eigenvalue weighted by Gasteiger charge is 2.32. The molecule has 150 valence electrons. The fourth-order valence-corrected chi connectivity index (χ4v) is 5.35. The molecule has 0 aromatic carbocycles. The first kappa shape index (κ1) is 19.1. The monoisotopic (exact) mass is 402 g/mol. The maximum atomic E-state index is 13.3. The van der Waals surface area contributed by atoms with E-state index in [0.717, 1.165) is 31.2 Å². The minimum absolute atomic E-state index is 0.0102. The zero-order valence-corrected chi connectivity index (χ0v) is 17.2. The normalized spacial score (nSPS) is 19.4. The van der Waals surface area contributed by atoms with Gasteiger partial charge < -0.3 is 15.0 Å². The maximum absolute atomic E-state index is 13.3. The largest absolute Gasteiger partial charge is 0.378 e. The second-order valence-corrected chi connectivity index (χ2v) is 8.53. The van der Waals surface area contributed by atoms with E-state index in [1.165, 1.54) is 4.88 Å². The lowest BCUT2D eigenvalue weighted by molar-refractivity contribution is 0.0303. The lowest BCUT2D eigenvalue weighted by Crippen LogP contribution is -2.41. The van der Waals surface area contributed by atoms with Gasteiger partial charge in [-0.05, 0) is 36.8 Å². The van der Waals surface area contributed by atoms with Crippen LogP contribution in [0.1, 0.15) is 51.1 Å². The van der Waals surface area contributed by atoms with Crippen molar-refractivity contribution in [2.45, 2.75) is 32.6 Å². The van der Waals surface area contributed by atoms with Gasteiger partial charge in [-0.25, -0.2) is 0 Å². The average molecular weight is 403 g/mol. The third-order valence-electron chi connectivity index (χ3n) is 5.74. The molecule has 1 N–H and O–H groups in total. The van der Waals surface area contributed by atoms with E-state index in [1.54, 1.807) is 35.3 Å². The fraction of sp³-hybridized carbons (Fsp3) is 0.550. The number of fused-ring (bicyclic) bond motifs is 1. The molecule has 1 fully saturated rings. The van der Waals surface area contributed by atoms with Gasteiger partial charge >= 0.3 is 0 Å². The Morgan fingerprint density at radius 1 is 1.36 bits per heavy atom. The summed E-state index contributed by atoms with van der Waals surface area (Å²) >= 11 is 1.56. The molecule has 3 heterocycles. The number of anilines is 1. The summed E-state index contributed by atoms with van der Waals surface area (Å²) in [5.74, 6) is 0.427. The number of aromatic nitrogens is 2. The highest BCUT2D eigenvalue weighted by molar-refractivity contribution is 7.17. The van der Waals surface area contributed by atoms with Crippen LogP contribution in [0.15, 0.2) is 12.3 Å². The van der Waals surface area contributed by atoms with Crippen LogP contribution in [-0.4, -0.2) is 52.8 Å². The standard InChI is InChI=1S/C20H26N4O3S/c1-3-13-4-5-14-16(12-13)28-19(22-18(25)15-6-7-21-23(15)2)17(14)20(26)24-8-10-27-11-9-24/h6-7,13H,3-5,8-12H2,1-2H3,(H,22,25)/t13-/m1/s1. The molecule has 4 rings (SSSR count). The van der Waals surface area contributed by atoms with E-state index in [4.69, 9.17) is 4.74 Å². The first-order chi connectivity index (χ1) is 13.6. The summed E-state index contributed by atoms with van der Waals surface area (Å²) in [6.45, 7) is 4.53. The third-order valence-corrected chi connectivity index (χ3v) is 6.91. The molecule has 2 aromatic rings. The predicted octanol–water partition coefficient (Wildman–Crippen LogP) is 2.72. The molecule has 0 bridgehead atoms. The van der Waals surface area contributed by atoms with Crippen molar-refractivity contribution in [1.82, 2.24) is 14.7 Å². The highest BCUT2D eigenvalue weighted by atomic mass is 32.1. The summed E-state index contributed by atoms with van der Waals surface area (Å²) in [5.41, 5.74) is 2.29. The van der Waals surface area contributed by atoms with Crippen LogP contribution in [0.3, 0.4) is 0 Å². The Labute approximate surface area is 168 Å². The first-order valence-corrected chi connectivity index (χ1v) is 10.7. The van der Waals surface area contributed by atoms with Crippen molar-refractivity contribution in [1.29, 1.82) is 0 Å². The van der Waals surface area contributed by atoms with Gasteiger partial charge in [0.2, 0.25) is 0 Å². The molecule has 2 aromatic heterocycles. The zero-order chi connectivity index (χ0) is 19.7. The van der Waals surface area contributed by atoms with Crippen LogP contribution in [-0.2, 0) is 24.6 Å². The second-order valence-electron chi connectivity index (χ2n) is 7.42. The number of thiophene rings is 1. The number of aryl methyl sites for hydroxylation is 1.